The molecule has 0 atom stereocenters. The number of carbonyl (C=O) groups is 2. The lowest BCUT2D eigenvalue weighted by Crippen LogP contribution is -2.20. The van der Waals surface area contributed by atoms with Gasteiger partial charge in [-0.2, -0.15) is 5.10 Å². The number of amides is 2. The monoisotopic (exact) mass is 509 g/mol. The van der Waals surface area contributed by atoms with Crippen molar-refractivity contribution in [3.8, 4) is 17.2 Å². The summed E-state index contributed by atoms with van der Waals surface area (Å²) in [5.41, 5.74) is 4.01. The van der Waals surface area contributed by atoms with E-state index in [9.17, 15) is 9.59 Å². The lowest BCUT2D eigenvalue weighted by Gasteiger charge is -2.12. The van der Waals surface area contributed by atoms with Gasteiger partial charge >= 0.3 is 0 Å². The highest BCUT2D eigenvalue weighted by molar-refractivity contribution is 6.30. The first kappa shape index (κ1) is 26.6. The fourth-order valence-corrected chi connectivity index (χ4v) is 3.27. The van der Waals surface area contributed by atoms with E-state index in [4.69, 9.17) is 25.8 Å². The van der Waals surface area contributed by atoms with Gasteiger partial charge in [-0.05, 0) is 61.9 Å². The number of anilines is 1. The summed E-state index contributed by atoms with van der Waals surface area (Å²) in [5, 5.41) is 7.23. The van der Waals surface area contributed by atoms with Crippen LogP contribution in [0, 0.1) is 0 Å². The molecule has 0 aliphatic rings. The molecule has 188 valence electrons. The van der Waals surface area contributed by atoms with Crippen LogP contribution in [0.25, 0.3) is 0 Å². The number of hydrogen-bond acceptors (Lipinski definition) is 6. The Labute approximate surface area is 215 Å². The van der Waals surface area contributed by atoms with E-state index in [1.54, 1.807) is 48.5 Å². The van der Waals surface area contributed by atoms with Gasteiger partial charge in [0.15, 0.2) is 18.1 Å². The maximum Gasteiger partial charge on any atom is 0.271 e. The van der Waals surface area contributed by atoms with E-state index in [-0.39, 0.29) is 12.5 Å². The second-order valence-electron chi connectivity index (χ2n) is 7.53. The number of halogens is 1. The van der Waals surface area contributed by atoms with Crippen molar-refractivity contribution in [2.24, 2.45) is 5.10 Å². The van der Waals surface area contributed by atoms with Gasteiger partial charge in [0.1, 0.15) is 5.75 Å². The number of ether oxygens (including phenoxy) is 3. The number of nitrogens with zero attached hydrogens (tertiary/aromatic N) is 1. The van der Waals surface area contributed by atoms with Crippen molar-refractivity contribution in [2.75, 3.05) is 25.1 Å². The number of benzene rings is 3. The van der Waals surface area contributed by atoms with Gasteiger partial charge in [0.05, 0.1) is 19.4 Å². The van der Waals surface area contributed by atoms with Gasteiger partial charge in [-0.25, -0.2) is 5.43 Å². The van der Waals surface area contributed by atoms with E-state index >= 15 is 0 Å². The first-order chi connectivity index (χ1) is 17.5. The maximum absolute atomic E-state index is 12.6. The summed E-state index contributed by atoms with van der Waals surface area (Å²) in [5.74, 6) is 0.708. The third kappa shape index (κ3) is 8.02. The van der Waals surface area contributed by atoms with Gasteiger partial charge in [0.2, 0.25) is 0 Å². The average Bonchev–Trinajstić information content (AvgIpc) is 2.88. The van der Waals surface area contributed by atoms with Crippen LogP contribution in [0.3, 0.4) is 0 Å². The SMILES string of the molecule is CCCOc1ccc(C(=O)N/N=C/c2cc(Cl)ccc2OCC(=O)Nc2ccccc2)cc1OCC. The molecule has 2 N–H and O–H groups in total. The molecule has 9 heteroatoms. The molecule has 0 aromatic heterocycles. The molecular weight excluding hydrogens is 482 g/mol. The number of hydrogen-bond donors (Lipinski definition) is 2. The Bertz CT molecular complexity index is 1200. The van der Waals surface area contributed by atoms with E-state index in [2.05, 4.69) is 15.8 Å². The highest BCUT2D eigenvalue weighted by atomic mass is 35.5. The lowest BCUT2D eigenvalue weighted by atomic mass is 10.2. The van der Waals surface area contributed by atoms with Crippen LogP contribution in [0.2, 0.25) is 5.02 Å². The molecule has 3 rings (SSSR count). The van der Waals surface area contributed by atoms with E-state index < -0.39 is 5.91 Å². The molecule has 0 saturated carbocycles. The van der Waals surface area contributed by atoms with Crippen LogP contribution in [0.15, 0.2) is 71.8 Å². The topological polar surface area (TPSA) is 98.3 Å². The maximum atomic E-state index is 12.6. The summed E-state index contributed by atoms with van der Waals surface area (Å²) in [7, 11) is 0. The highest BCUT2D eigenvalue weighted by Gasteiger charge is 2.12. The predicted octanol–water partition coefficient (Wildman–Crippen LogP) is 5.31. The van der Waals surface area contributed by atoms with Gasteiger partial charge in [0, 0.05) is 21.8 Å². The summed E-state index contributed by atoms with van der Waals surface area (Å²) in [6.45, 7) is 4.64. The van der Waals surface area contributed by atoms with Crippen LogP contribution in [0.5, 0.6) is 17.2 Å². The van der Waals surface area contributed by atoms with Crippen molar-refractivity contribution in [3.05, 3.63) is 82.9 Å². The van der Waals surface area contributed by atoms with E-state index in [1.807, 2.05) is 32.0 Å². The minimum absolute atomic E-state index is 0.212. The number of para-hydroxylation sites is 1. The number of rotatable bonds is 12. The molecule has 0 unspecified atom stereocenters. The van der Waals surface area contributed by atoms with Crippen LogP contribution in [-0.2, 0) is 4.79 Å². The quantitative estimate of drug-likeness (QED) is 0.255. The second kappa shape index (κ2) is 13.7. The Morgan fingerprint density at radius 3 is 2.44 bits per heavy atom. The zero-order valence-corrected chi connectivity index (χ0v) is 20.9. The van der Waals surface area contributed by atoms with Crippen LogP contribution in [-0.4, -0.2) is 37.8 Å². The van der Waals surface area contributed by atoms with Gasteiger partial charge < -0.3 is 19.5 Å². The van der Waals surface area contributed by atoms with Crippen molar-refractivity contribution in [3.63, 3.8) is 0 Å². The molecule has 0 fully saturated rings. The van der Waals surface area contributed by atoms with Crippen molar-refractivity contribution in [2.45, 2.75) is 20.3 Å². The standard InChI is InChI=1S/C27H28ClN3O5/c1-3-14-35-24-12-10-19(16-25(24)34-4-2)27(33)31-29-17-20-15-21(28)11-13-23(20)36-18-26(32)30-22-8-6-5-7-9-22/h5-13,15-17H,3-4,14,18H2,1-2H3,(H,30,32)(H,31,33)/b29-17+. The minimum atomic E-state index is -0.430. The van der Waals surface area contributed by atoms with Crippen molar-refractivity contribution >= 4 is 35.3 Å². The molecule has 2 amide bonds. The van der Waals surface area contributed by atoms with Crippen LogP contribution < -0.4 is 25.0 Å². The fourth-order valence-electron chi connectivity index (χ4n) is 3.09. The Morgan fingerprint density at radius 2 is 1.69 bits per heavy atom. The van der Waals surface area contributed by atoms with Crippen LogP contribution in [0.1, 0.15) is 36.2 Å². The molecule has 0 saturated heterocycles. The fraction of sp³-hybridized carbons (Fsp3) is 0.222. The Hall–Kier alpha value is -4.04. The number of hydrazone groups is 1. The molecule has 8 nitrogen and oxygen atoms in total. The Balaban J connectivity index is 1.64. The molecule has 0 bridgehead atoms. The van der Waals surface area contributed by atoms with E-state index in [0.717, 1.165) is 6.42 Å². The largest absolute Gasteiger partial charge is 0.490 e. The van der Waals surface area contributed by atoms with E-state index in [0.29, 0.717) is 52.3 Å². The van der Waals surface area contributed by atoms with Crippen LogP contribution in [0.4, 0.5) is 5.69 Å². The van der Waals surface area contributed by atoms with Crippen molar-refractivity contribution < 1.29 is 23.8 Å². The predicted molar refractivity (Wildman–Crippen MR) is 140 cm³/mol. The Kier molecular flexibility index (Phi) is 10.1. The van der Waals surface area contributed by atoms with Crippen molar-refractivity contribution in [1.82, 2.24) is 5.43 Å². The smallest absolute Gasteiger partial charge is 0.271 e. The second-order valence-corrected chi connectivity index (χ2v) is 7.96. The third-order valence-corrected chi connectivity index (χ3v) is 4.96. The summed E-state index contributed by atoms with van der Waals surface area (Å²) in [6.07, 6.45) is 2.26. The first-order valence-corrected chi connectivity index (χ1v) is 11.9. The Morgan fingerprint density at radius 1 is 0.917 bits per heavy atom. The molecule has 3 aromatic rings. The summed E-state index contributed by atoms with van der Waals surface area (Å²) in [6, 6.07) is 18.9. The van der Waals surface area contributed by atoms with Gasteiger partial charge in [-0.3, -0.25) is 9.59 Å². The zero-order valence-electron chi connectivity index (χ0n) is 20.1. The van der Waals surface area contributed by atoms with E-state index in [1.165, 1.54) is 6.21 Å². The highest BCUT2D eigenvalue weighted by Crippen LogP contribution is 2.28. The molecule has 0 radical (unpaired) electrons. The minimum Gasteiger partial charge on any atom is -0.490 e. The molecule has 0 heterocycles. The zero-order chi connectivity index (χ0) is 25.8. The summed E-state index contributed by atoms with van der Waals surface area (Å²) < 4.78 is 16.9. The van der Waals surface area contributed by atoms with Crippen LogP contribution >= 0.6 is 11.6 Å². The molecule has 36 heavy (non-hydrogen) atoms. The van der Waals surface area contributed by atoms with Gasteiger partial charge in [-0.15, -0.1) is 0 Å². The van der Waals surface area contributed by atoms with Gasteiger partial charge in [0.25, 0.3) is 11.8 Å². The molecule has 3 aromatic carbocycles. The molecule has 0 spiro atoms. The van der Waals surface area contributed by atoms with Gasteiger partial charge in [-0.1, -0.05) is 36.7 Å². The third-order valence-electron chi connectivity index (χ3n) is 4.73. The normalized spacial score (nSPS) is 10.6. The molecule has 0 aliphatic heterocycles. The lowest BCUT2D eigenvalue weighted by molar-refractivity contribution is -0.118. The first-order valence-electron chi connectivity index (χ1n) is 11.5. The number of nitrogens with one attached hydrogen (secondary N) is 2. The van der Waals surface area contributed by atoms with Crippen molar-refractivity contribution in [1.29, 1.82) is 0 Å². The summed E-state index contributed by atoms with van der Waals surface area (Å²) in [4.78, 5) is 24.8. The summed E-state index contributed by atoms with van der Waals surface area (Å²) >= 11 is 6.11. The average molecular weight is 510 g/mol. The molecule has 0 aliphatic carbocycles. The number of carbonyl (C=O) groups excluding carboxylic acids is 2. The molecular formula is C27H28ClN3O5.